The van der Waals surface area contributed by atoms with E-state index in [1.54, 1.807) is 12.3 Å². The number of anilines is 1. The molecule has 5 heteroatoms. The van der Waals surface area contributed by atoms with E-state index in [4.69, 9.17) is 22.4 Å². The van der Waals surface area contributed by atoms with E-state index < -0.39 is 0 Å². The molecule has 94 valence electrons. The third-order valence-corrected chi connectivity index (χ3v) is 2.69. The molecule has 4 nitrogen and oxygen atoms in total. The summed E-state index contributed by atoms with van der Waals surface area (Å²) in [4.78, 5) is 4.64. The van der Waals surface area contributed by atoms with Gasteiger partial charge in [0.1, 0.15) is 16.6 Å². The van der Waals surface area contributed by atoms with Crippen molar-refractivity contribution in [3.05, 3.63) is 48.0 Å². The quantitative estimate of drug-likeness (QED) is 0.809. The largest absolute Gasteiger partial charge is 0.469 e. The first-order valence-corrected chi connectivity index (χ1v) is 6.12. The van der Waals surface area contributed by atoms with Gasteiger partial charge in [-0.1, -0.05) is 18.3 Å². The van der Waals surface area contributed by atoms with Crippen LogP contribution >= 0.6 is 12.2 Å². The molecule has 0 aliphatic carbocycles. The lowest BCUT2D eigenvalue weighted by atomic mass is 10.2. The fourth-order valence-corrected chi connectivity index (χ4v) is 1.80. The van der Waals surface area contributed by atoms with Gasteiger partial charge < -0.3 is 15.5 Å². The highest BCUT2D eigenvalue weighted by molar-refractivity contribution is 7.80. The Morgan fingerprint density at radius 2 is 2.28 bits per heavy atom. The van der Waals surface area contributed by atoms with Crippen molar-refractivity contribution in [2.75, 3.05) is 5.32 Å². The molecule has 0 saturated heterocycles. The molecular formula is C13H15N3OS. The molecule has 0 radical (unpaired) electrons. The van der Waals surface area contributed by atoms with E-state index in [0.717, 1.165) is 18.0 Å². The fourth-order valence-electron chi connectivity index (χ4n) is 1.69. The van der Waals surface area contributed by atoms with Crippen LogP contribution in [0.5, 0.6) is 0 Å². The predicted molar refractivity (Wildman–Crippen MR) is 75.6 cm³/mol. The fraction of sp³-hybridized carbons (Fsp3) is 0.231. The van der Waals surface area contributed by atoms with E-state index >= 15 is 0 Å². The van der Waals surface area contributed by atoms with Gasteiger partial charge in [-0.3, -0.25) is 0 Å². The first-order valence-electron chi connectivity index (χ1n) is 5.71. The summed E-state index contributed by atoms with van der Waals surface area (Å²) >= 11 is 4.90. The third kappa shape index (κ3) is 3.30. The van der Waals surface area contributed by atoms with E-state index in [-0.39, 0.29) is 6.04 Å². The number of furan rings is 1. The molecule has 2 aromatic heterocycles. The Labute approximate surface area is 111 Å². The molecule has 0 fully saturated rings. The van der Waals surface area contributed by atoms with Gasteiger partial charge in [-0.2, -0.15) is 0 Å². The Bertz CT molecular complexity index is 525. The second kappa shape index (κ2) is 5.64. The number of pyridine rings is 1. The summed E-state index contributed by atoms with van der Waals surface area (Å²) in [6.07, 6.45) is 2.47. The van der Waals surface area contributed by atoms with Crippen molar-refractivity contribution in [1.82, 2.24) is 4.98 Å². The lowest BCUT2D eigenvalue weighted by Gasteiger charge is -2.13. The standard InChI is InChI=1S/C13H15N3OS/c1-9(8-10-4-3-7-17-10)15-12-6-2-5-11(16-12)13(14)18/h2-7,9H,8H2,1H3,(H2,14,18)(H,15,16). The Morgan fingerprint density at radius 1 is 1.44 bits per heavy atom. The molecule has 18 heavy (non-hydrogen) atoms. The lowest BCUT2D eigenvalue weighted by molar-refractivity contribution is 0.497. The molecule has 2 aromatic rings. The third-order valence-electron chi connectivity index (χ3n) is 2.48. The van der Waals surface area contributed by atoms with Crippen LogP contribution in [0.3, 0.4) is 0 Å². The number of hydrogen-bond acceptors (Lipinski definition) is 4. The molecular weight excluding hydrogens is 246 g/mol. The highest BCUT2D eigenvalue weighted by Gasteiger charge is 2.07. The molecule has 2 heterocycles. The molecule has 0 amide bonds. The number of thiocarbonyl (C=S) groups is 1. The van der Waals surface area contributed by atoms with Crippen molar-refractivity contribution in [2.45, 2.75) is 19.4 Å². The average Bonchev–Trinajstić information content (AvgIpc) is 2.82. The van der Waals surface area contributed by atoms with Gasteiger partial charge in [0, 0.05) is 12.5 Å². The van der Waals surface area contributed by atoms with Crippen LogP contribution in [0.2, 0.25) is 0 Å². The second-order valence-corrected chi connectivity index (χ2v) is 4.54. The van der Waals surface area contributed by atoms with Gasteiger partial charge in [-0.15, -0.1) is 0 Å². The number of nitrogens with two attached hydrogens (primary N) is 1. The molecule has 0 saturated carbocycles. The maximum Gasteiger partial charge on any atom is 0.126 e. The zero-order valence-corrected chi connectivity index (χ0v) is 10.9. The van der Waals surface area contributed by atoms with Gasteiger partial charge in [-0.25, -0.2) is 4.98 Å². The second-order valence-electron chi connectivity index (χ2n) is 4.10. The smallest absolute Gasteiger partial charge is 0.126 e. The zero-order valence-electron chi connectivity index (χ0n) is 10.1. The summed E-state index contributed by atoms with van der Waals surface area (Å²) in [6, 6.07) is 9.62. The predicted octanol–water partition coefficient (Wildman–Crippen LogP) is 2.35. The molecule has 2 rings (SSSR count). The van der Waals surface area contributed by atoms with Crippen LogP contribution in [0, 0.1) is 0 Å². The van der Waals surface area contributed by atoms with E-state index in [0.29, 0.717) is 10.7 Å². The molecule has 0 aromatic carbocycles. The minimum Gasteiger partial charge on any atom is -0.469 e. The summed E-state index contributed by atoms with van der Waals surface area (Å²) in [5, 5.41) is 3.29. The summed E-state index contributed by atoms with van der Waals surface area (Å²) in [7, 11) is 0. The van der Waals surface area contributed by atoms with Crippen LogP contribution in [0.15, 0.2) is 41.0 Å². The number of aromatic nitrogens is 1. The van der Waals surface area contributed by atoms with E-state index in [1.807, 2.05) is 24.3 Å². The Kier molecular flexibility index (Phi) is 3.94. The average molecular weight is 261 g/mol. The van der Waals surface area contributed by atoms with Crippen molar-refractivity contribution in [3.8, 4) is 0 Å². The maximum absolute atomic E-state index is 5.55. The molecule has 1 unspecified atom stereocenters. The highest BCUT2D eigenvalue weighted by Crippen LogP contribution is 2.10. The van der Waals surface area contributed by atoms with Crippen LogP contribution in [-0.4, -0.2) is 16.0 Å². The topological polar surface area (TPSA) is 64.1 Å². The number of nitrogens with one attached hydrogen (secondary N) is 1. The maximum atomic E-state index is 5.55. The minimum atomic E-state index is 0.213. The summed E-state index contributed by atoms with van der Waals surface area (Å²) in [5.74, 6) is 1.71. The van der Waals surface area contributed by atoms with Crippen LogP contribution in [-0.2, 0) is 6.42 Å². The molecule has 0 aliphatic rings. The first kappa shape index (κ1) is 12.6. The van der Waals surface area contributed by atoms with Gasteiger partial charge in [0.15, 0.2) is 0 Å². The van der Waals surface area contributed by atoms with Crippen LogP contribution in [0.4, 0.5) is 5.82 Å². The van der Waals surface area contributed by atoms with Crippen LogP contribution in [0.1, 0.15) is 18.4 Å². The van der Waals surface area contributed by atoms with Gasteiger partial charge >= 0.3 is 0 Å². The van der Waals surface area contributed by atoms with Crippen molar-refractivity contribution in [2.24, 2.45) is 5.73 Å². The molecule has 3 N–H and O–H groups in total. The number of rotatable bonds is 5. The van der Waals surface area contributed by atoms with Crippen LogP contribution < -0.4 is 11.1 Å². The highest BCUT2D eigenvalue weighted by atomic mass is 32.1. The molecule has 0 bridgehead atoms. The van der Waals surface area contributed by atoms with Crippen LogP contribution in [0.25, 0.3) is 0 Å². The monoisotopic (exact) mass is 261 g/mol. The van der Waals surface area contributed by atoms with Gasteiger partial charge in [0.25, 0.3) is 0 Å². The van der Waals surface area contributed by atoms with Crippen molar-refractivity contribution >= 4 is 23.0 Å². The molecule has 1 atom stereocenters. The van der Waals surface area contributed by atoms with Crippen molar-refractivity contribution in [3.63, 3.8) is 0 Å². The Morgan fingerprint density at radius 3 is 2.94 bits per heavy atom. The van der Waals surface area contributed by atoms with Crippen molar-refractivity contribution in [1.29, 1.82) is 0 Å². The van der Waals surface area contributed by atoms with Gasteiger partial charge in [0.2, 0.25) is 0 Å². The Hall–Kier alpha value is -1.88. The van der Waals surface area contributed by atoms with Gasteiger partial charge in [-0.05, 0) is 31.2 Å². The zero-order chi connectivity index (χ0) is 13.0. The molecule has 0 spiro atoms. The summed E-state index contributed by atoms with van der Waals surface area (Å²) < 4.78 is 5.30. The normalized spacial score (nSPS) is 12.1. The number of hydrogen-bond donors (Lipinski definition) is 2. The lowest BCUT2D eigenvalue weighted by Crippen LogP contribution is -2.20. The van der Waals surface area contributed by atoms with E-state index in [9.17, 15) is 0 Å². The SMILES string of the molecule is CC(Cc1ccco1)Nc1cccc(C(N)=S)n1. The first-order chi connectivity index (χ1) is 8.65. The minimum absolute atomic E-state index is 0.213. The summed E-state index contributed by atoms with van der Waals surface area (Å²) in [5.41, 5.74) is 6.17. The van der Waals surface area contributed by atoms with E-state index in [2.05, 4.69) is 17.2 Å². The summed E-state index contributed by atoms with van der Waals surface area (Å²) in [6.45, 7) is 2.07. The number of nitrogens with zero attached hydrogens (tertiary/aromatic N) is 1. The molecule has 0 aliphatic heterocycles. The van der Waals surface area contributed by atoms with Crippen molar-refractivity contribution < 1.29 is 4.42 Å². The Balaban J connectivity index is 2.00. The van der Waals surface area contributed by atoms with E-state index in [1.165, 1.54) is 0 Å². The van der Waals surface area contributed by atoms with Gasteiger partial charge in [0.05, 0.1) is 12.0 Å².